The van der Waals surface area contributed by atoms with Crippen LogP contribution in [-0.2, 0) is 9.59 Å². The summed E-state index contributed by atoms with van der Waals surface area (Å²) in [6, 6.07) is 33.9. The molecule has 1 aromatic heterocycles. The third kappa shape index (κ3) is 8.95. The molecule has 0 aliphatic rings. The number of furan rings is 1. The molecule has 1 atom stereocenters. The quantitative estimate of drug-likeness (QED) is 0.0868. The van der Waals surface area contributed by atoms with Crippen LogP contribution in [0.2, 0.25) is 0 Å². The van der Waals surface area contributed by atoms with Crippen molar-refractivity contribution in [2.75, 3.05) is 24.4 Å². The fourth-order valence-corrected chi connectivity index (χ4v) is 5.49. The van der Waals surface area contributed by atoms with Crippen molar-refractivity contribution in [3.05, 3.63) is 132 Å². The van der Waals surface area contributed by atoms with Gasteiger partial charge in [-0.25, -0.2) is 0 Å². The summed E-state index contributed by atoms with van der Waals surface area (Å²) >= 11 is 1.39. The van der Waals surface area contributed by atoms with Crippen LogP contribution in [-0.4, -0.2) is 36.7 Å². The molecule has 1 heterocycles. The first-order valence-corrected chi connectivity index (χ1v) is 16.1. The van der Waals surface area contributed by atoms with Crippen LogP contribution in [0.5, 0.6) is 11.5 Å². The zero-order valence-corrected chi connectivity index (χ0v) is 27.5. The summed E-state index contributed by atoms with van der Waals surface area (Å²) in [7, 11) is 1.58. The number of benzene rings is 4. The zero-order valence-electron chi connectivity index (χ0n) is 26.7. The second kappa shape index (κ2) is 16.2. The largest absolute Gasteiger partial charge is 0.496 e. The topological polar surface area (TPSA) is 119 Å². The first-order chi connectivity index (χ1) is 23.3. The van der Waals surface area contributed by atoms with Gasteiger partial charge in [-0.2, -0.15) is 0 Å². The highest BCUT2D eigenvalue weighted by molar-refractivity contribution is 8.00. The van der Waals surface area contributed by atoms with Crippen LogP contribution in [0.25, 0.3) is 17.4 Å². The molecule has 5 aromatic rings. The van der Waals surface area contributed by atoms with Gasteiger partial charge in [-0.15, -0.1) is 11.8 Å². The fourth-order valence-electron chi connectivity index (χ4n) is 4.63. The van der Waals surface area contributed by atoms with E-state index < -0.39 is 11.8 Å². The summed E-state index contributed by atoms with van der Waals surface area (Å²) in [5.41, 5.74) is 2.32. The second-order valence-electron chi connectivity index (χ2n) is 10.5. The molecule has 0 saturated heterocycles. The van der Waals surface area contributed by atoms with Gasteiger partial charge < -0.3 is 29.8 Å². The van der Waals surface area contributed by atoms with Gasteiger partial charge in [-0.05, 0) is 98.8 Å². The molecule has 0 unspecified atom stereocenters. The summed E-state index contributed by atoms with van der Waals surface area (Å²) in [6.07, 6.45) is 1.48. The second-order valence-corrected chi connectivity index (χ2v) is 11.9. The minimum atomic E-state index is -0.543. The maximum Gasteiger partial charge on any atom is 0.272 e. The van der Waals surface area contributed by atoms with E-state index in [0.717, 1.165) is 16.2 Å². The normalized spacial score (nSPS) is 11.7. The van der Waals surface area contributed by atoms with Crippen LogP contribution in [0.1, 0.15) is 30.0 Å². The Bertz CT molecular complexity index is 1890. The molecule has 0 radical (unpaired) electrons. The molecule has 3 amide bonds. The van der Waals surface area contributed by atoms with E-state index in [2.05, 4.69) is 16.0 Å². The van der Waals surface area contributed by atoms with Gasteiger partial charge >= 0.3 is 0 Å². The van der Waals surface area contributed by atoms with Crippen molar-refractivity contribution in [1.82, 2.24) is 5.32 Å². The summed E-state index contributed by atoms with van der Waals surface area (Å²) in [6.45, 7) is 4.31. The zero-order chi connectivity index (χ0) is 33.9. The molecular weight excluding hydrogens is 627 g/mol. The first-order valence-electron chi connectivity index (χ1n) is 15.3. The van der Waals surface area contributed by atoms with Crippen molar-refractivity contribution < 1.29 is 28.3 Å². The molecule has 5 rings (SSSR count). The fraction of sp³-hybridized carbons (Fsp3) is 0.132. The molecule has 244 valence electrons. The Morgan fingerprint density at radius 1 is 0.812 bits per heavy atom. The van der Waals surface area contributed by atoms with Crippen LogP contribution < -0.4 is 25.4 Å². The summed E-state index contributed by atoms with van der Waals surface area (Å²) in [5, 5.41) is 8.10. The maximum atomic E-state index is 13.5. The lowest BCUT2D eigenvalue weighted by Crippen LogP contribution is -2.30. The number of thioether (sulfide) groups is 1. The van der Waals surface area contributed by atoms with E-state index in [9.17, 15) is 14.4 Å². The van der Waals surface area contributed by atoms with Gasteiger partial charge in [0.25, 0.3) is 11.8 Å². The highest BCUT2D eigenvalue weighted by atomic mass is 32.2. The average Bonchev–Trinajstić information content (AvgIpc) is 3.58. The van der Waals surface area contributed by atoms with Gasteiger partial charge in [0.05, 0.1) is 24.5 Å². The van der Waals surface area contributed by atoms with E-state index in [-0.39, 0.29) is 16.9 Å². The van der Waals surface area contributed by atoms with Crippen LogP contribution in [0.4, 0.5) is 11.4 Å². The Kier molecular flexibility index (Phi) is 11.3. The molecule has 10 heteroatoms. The van der Waals surface area contributed by atoms with Crippen molar-refractivity contribution in [3.63, 3.8) is 0 Å². The van der Waals surface area contributed by atoms with Gasteiger partial charge in [0.15, 0.2) is 0 Å². The molecular formula is C38H35N3O6S. The SMILES string of the molecule is CCOc1ccc(NC(=O)[C@@H](C)Sc2ccc(NC(=O)/C(=C/c3ccc(-c4ccccc4OC)o3)NC(=O)c3ccccc3)cc2)cc1. The van der Waals surface area contributed by atoms with Crippen LogP contribution in [0, 0.1) is 0 Å². The van der Waals surface area contributed by atoms with Crippen molar-refractivity contribution in [2.24, 2.45) is 0 Å². The first kappa shape index (κ1) is 33.6. The minimum absolute atomic E-state index is 0.0113. The number of nitrogens with one attached hydrogen (secondary N) is 3. The lowest BCUT2D eigenvalue weighted by molar-refractivity contribution is -0.115. The van der Waals surface area contributed by atoms with E-state index in [0.29, 0.717) is 40.8 Å². The lowest BCUT2D eigenvalue weighted by Gasteiger charge is -2.14. The number of carbonyl (C=O) groups is 3. The van der Waals surface area contributed by atoms with E-state index in [4.69, 9.17) is 13.9 Å². The molecule has 0 bridgehead atoms. The molecule has 0 aliphatic carbocycles. The van der Waals surface area contributed by atoms with Crippen LogP contribution in [0.3, 0.4) is 0 Å². The number of anilines is 2. The predicted octanol–water partition coefficient (Wildman–Crippen LogP) is 7.88. The van der Waals surface area contributed by atoms with E-state index in [1.165, 1.54) is 17.8 Å². The maximum absolute atomic E-state index is 13.5. The van der Waals surface area contributed by atoms with E-state index in [1.807, 2.05) is 62.4 Å². The molecule has 48 heavy (non-hydrogen) atoms. The highest BCUT2D eigenvalue weighted by Gasteiger charge is 2.18. The molecule has 9 nitrogen and oxygen atoms in total. The Morgan fingerprint density at radius 2 is 1.48 bits per heavy atom. The number of rotatable bonds is 13. The van der Waals surface area contributed by atoms with Crippen LogP contribution >= 0.6 is 11.8 Å². The molecule has 3 N–H and O–H groups in total. The standard InChI is InChI=1S/C38H35N3O6S/c1-4-46-29-18-14-27(15-19-29)39-36(42)25(2)48-31-21-16-28(17-22-31)40-38(44)33(41-37(43)26-10-6-5-7-11-26)24-30-20-23-35(47-30)32-12-8-9-13-34(32)45-3/h5-25H,4H2,1-3H3,(H,39,42)(H,40,44)(H,41,43)/b33-24-/t25-/m1/s1. The number of ether oxygens (including phenoxy) is 2. The number of methoxy groups -OCH3 is 1. The lowest BCUT2D eigenvalue weighted by atomic mass is 10.1. The highest BCUT2D eigenvalue weighted by Crippen LogP contribution is 2.31. The summed E-state index contributed by atoms with van der Waals surface area (Å²) < 4.78 is 16.9. The van der Waals surface area contributed by atoms with Gasteiger partial charge in [-0.3, -0.25) is 14.4 Å². The van der Waals surface area contributed by atoms with E-state index in [1.54, 1.807) is 73.8 Å². The van der Waals surface area contributed by atoms with Gasteiger partial charge in [-0.1, -0.05) is 30.3 Å². The number of hydrogen-bond acceptors (Lipinski definition) is 7. The predicted molar refractivity (Wildman–Crippen MR) is 189 cm³/mol. The van der Waals surface area contributed by atoms with Gasteiger partial charge in [0.2, 0.25) is 5.91 Å². The monoisotopic (exact) mass is 661 g/mol. The number of amides is 3. The molecule has 0 saturated carbocycles. The number of para-hydroxylation sites is 1. The Balaban J connectivity index is 1.27. The third-order valence-electron chi connectivity index (χ3n) is 7.04. The van der Waals surface area contributed by atoms with Crippen molar-refractivity contribution >= 4 is 46.9 Å². The van der Waals surface area contributed by atoms with Crippen molar-refractivity contribution in [1.29, 1.82) is 0 Å². The Labute approximate surface area is 283 Å². The number of carbonyl (C=O) groups excluding carboxylic acids is 3. The smallest absolute Gasteiger partial charge is 0.272 e. The Hall–Kier alpha value is -5.74. The molecule has 4 aromatic carbocycles. The van der Waals surface area contributed by atoms with Crippen LogP contribution in [0.15, 0.2) is 130 Å². The van der Waals surface area contributed by atoms with Crippen molar-refractivity contribution in [3.8, 4) is 22.8 Å². The molecule has 0 spiro atoms. The Morgan fingerprint density at radius 3 is 2.19 bits per heavy atom. The van der Waals surface area contributed by atoms with Crippen molar-refractivity contribution in [2.45, 2.75) is 24.0 Å². The third-order valence-corrected chi connectivity index (χ3v) is 8.15. The minimum Gasteiger partial charge on any atom is -0.496 e. The summed E-state index contributed by atoms with van der Waals surface area (Å²) in [4.78, 5) is 40.2. The molecule has 0 fully saturated rings. The van der Waals surface area contributed by atoms with E-state index >= 15 is 0 Å². The average molecular weight is 662 g/mol. The summed E-state index contributed by atoms with van der Waals surface area (Å²) in [5.74, 6) is 1.16. The van der Waals surface area contributed by atoms with Gasteiger partial charge in [0, 0.05) is 27.9 Å². The molecule has 0 aliphatic heterocycles. The number of hydrogen-bond donors (Lipinski definition) is 3. The van der Waals surface area contributed by atoms with Gasteiger partial charge in [0.1, 0.15) is 28.7 Å².